The Labute approximate surface area is 142 Å². The lowest BCUT2D eigenvalue weighted by molar-refractivity contribution is 0.0591. The quantitative estimate of drug-likeness (QED) is 0.755. The van der Waals surface area contributed by atoms with E-state index in [9.17, 15) is 9.59 Å². The van der Waals surface area contributed by atoms with Crippen molar-refractivity contribution in [2.75, 3.05) is 20.3 Å². The first-order chi connectivity index (χ1) is 12.2. The van der Waals surface area contributed by atoms with Crippen LogP contribution >= 0.6 is 0 Å². The van der Waals surface area contributed by atoms with Gasteiger partial charge in [0.1, 0.15) is 18.2 Å². The van der Waals surface area contributed by atoms with Crippen LogP contribution in [0.3, 0.4) is 0 Å². The molecule has 4 rings (SSSR count). The number of aromatic nitrogens is 3. The molecule has 2 aliphatic heterocycles. The normalized spacial score (nSPS) is 27.9. The summed E-state index contributed by atoms with van der Waals surface area (Å²) in [5, 5.41) is 10.6. The van der Waals surface area contributed by atoms with Crippen LogP contribution in [-0.2, 0) is 14.2 Å². The van der Waals surface area contributed by atoms with Crippen LogP contribution in [0.25, 0.3) is 0 Å². The Morgan fingerprint density at radius 1 is 1.32 bits per heavy atom. The van der Waals surface area contributed by atoms with Crippen molar-refractivity contribution in [3.05, 3.63) is 36.0 Å². The van der Waals surface area contributed by atoms with E-state index in [1.807, 2.05) is 0 Å². The smallest absolute Gasteiger partial charge is 0.360 e. The Bertz CT molecular complexity index is 773. The van der Waals surface area contributed by atoms with Gasteiger partial charge in [-0.1, -0.05) is 5.21 Å². The number of hydrogen-bond donors (Lipinski definition) is 1. The number of ether oxygens (including phenoxy) is 3. The number of nitrogens with zero attached hydrogens (tertiary/aromatic N) is 3. The van der Waals surface area contributed by atoms with Crippen molar-refractivity contribution in [1.82, 2.24) is 20.3 Å². The molecule has 2 aromatic rings. The molecule has 0 saturated carbocycles. The summed E-state index contributed by atoms with van der Waals surface area (Å²) in [6, 6.07) is 2.71. The number of fused-ring (bicyclic) bond motifs is 1. The average Bonchev–Trinajstić information content (AvgIpc) is 3.38. The summed E-state index contributed by atoms with van der Waals surface area (Å²) in [5.41, 5.74) is 0.117. The van der Waals surface area contributed by atoms with Gasteiger partial charge < -0.3 is 23.9 Å². The van der Waals surface area contributed by atoms with Crippen LogP contribution in [0.5, 0.6) is 0 Å². The molecule has 4 atom stereocenters. The molecule has 10 heteroatoms. The maximum Gasteiger partial charge on any atom is 0.360 e. The largest absolute Gasteiger partial charge is 0.464 e. The number of furan rings is 1. The Morgan fingerprint density at radius 2 is 2.16 bits per heavy atom. The molecular formula is C15H16N4O6. The molecule has 0 bridgehead atoms. The maximum atomic E-state index is 12.1. The van der Waals surface area contributed by atoms with Gasteiger partial charge in [-0.05, 0) is 12.1 Å². The van der Waals surface area contributed by atoms with Gasteiger partial charge in [-0.2, -0.15) is 0 Å². The van der Waals surface area contributed by atoms with Crippen molar-refractivity contribution in [3.8, 4) is 0 Å². The van der Waals surface area contributed by atoms with Gasteiger partial charge in [-0.3, -0.25) is 4.79 Å². The number of amides is 1. The van der Waals surface area contributed by atoms with E-state index in [0.29, 0.717) is 13.2 Å². The predicted octanol–water partition coefficient (Wildman–Crippen LogP) is -0.205. The summed E-state index contributed by atoms with van der Waals surface area (Å²) in [7, 11) is 1.28. The van der Waals surface area contributed by atoms with Crippen molar-refractivity contribution in [1.29, 1.82) is 0 Å². The average molecular weight is 348 g/mol. The molecule has 2 fully saturated rings. The standard InChI is InChI=1S/C15H16N4O6/c1-22-15(21)8-5-19(18-17-8)10-7-25-12-9(6-24-13(10)12)16-14(20)11-3-2-4-23-11/h2-5,9-10,12-13H,6-7H2,1H3,(H,16,20)/t9-,10-,12+,13+/m0/s1. The van der Waals surface area contributed by atoms with Gasteiger partial charge >= 0.3 is 5.97 Å². The van der Waals surface area contributed by atoms with E-state index < -0.39 is 5.97 Å². The molecule has 0 radical (unpaired) electrons. The molecule has 25 heavy (non-hydrogen) atoms. The van der Waals surface area contributed by atoms with Crippen LogP contribution in [0.4, 0.5) is 0 Å². The lowest BCUT2D eigenvalue weighted by atomic mass is 10.1. The summed E-state index contributed by atoms with van der Waals surface area (Å²) in [5.74, 6) is -0.644. The lowest BCUT2D eigenvalue weighted by Crippen LogP contribution is -2.44. The second-order valence-electron chi connectivity index (χ2n) is 5.80. The highest BCUT2D eigenvalue weighted by molar-refractivity contribution is 5.91. The molecule has 0 aliphatic carbocycles. The van der Waals surface area contributed by atoms with Crippen LogP contribution in [0, 0.1) is 0 Å². The minimum Gasteiger partial charge on any atom is -0.464 e. The predicted molar refractivity (Wildman–Crippen MR) is 79.8 cm³/mol. The van der Waals surface area contributed by atoms with Crippen molar-refractivity contribution in [2.24, 2.45) is 0 Å². The Hall–Kier alpha value is -2.72. The van der Waals surface area contributed by atoms with Crippen molar-refractivity contribution in [3.63, 3.8) is 0 Å². The first-order valence-corrected chi connectivity index (χ1v) is 7.75. The molecular weight excluding hydrogens is 332 g/mol. The fourth-order valence-corrected chi connectivity index (χ4v) is 3.11. The third-order valence-corrected chi connectivity index (χ3v) is 4.33. The van der Waals surface area contributed by atoms with Gasteiger partial charge in [-0.25, -0.2) is 9.48 Å². The maximum absolute atomic E-state index is 12.1. The fraction of sp³-hybridized carbons (Fsp3) is 0.467. The number of methoxy groups -OCH3 is 1. The summed E-state index contributed by atoms with van der Waals surface area (Å²) in [4.78, 5) is 23.6. The summed E-state index contributed by atoms with van der Waals surface area (Å²) < 4.78 is 22.8. The lowest BCUT2D eigenvalue weighted by Gasteiger charge is -2.17. The number of rotatable bonds is 4. The molecule has 4 heterocycles. The van der Waals surface area contributed by atoms with Crippen LogP contribution in [0.15, 0.2) is 29.0 Å². The van der Waals surface area contributed by atoms with Gasteiger partial charge in [0.25, 0.3) is 5.91 Å². The highest BCUT2D eigenvalue weighted by Gasteiger charge is 2.49. The minimum atomic E-state index is -0.558. The number of nitrogens with one attached hydrogen (secondary N) is 1. The molecule has 0 unspecified atom stereocenters. The monoisotopic (exact) mass is 348 g/mol. The SMILES string of the molecule is COC(=O)c1cn([C@H]2CO[C@H]3[C@@H]2OC[C@@H]3NC(=O)c2ccco2)nn1. The van der Waals surface area contributed by atoms with E-state index in [2.05, 4.69) is 20.4 Å². The van der Waals surface area contributed by atoms with Crippen LogP contribution < -0.4 is 5.32 Å². The molecule has 0 spiro atoms. The fourth-order valence-electron chi connectivity index (χ4n) is 3.11. The summed E-state index contributed by atoms with van der Waals surface area (Å²) in [6.45, 7) is 0.656. The molecule has 2 saturated heterocycles. The zero-order valence-electron chi connectivity index (χ0n) is 13.3. The minimum absolute atomic E-state index is 0.117. The number of hydrogen-bond acceptors (Lipinski definition) is 8. The second kappa shape index (κ2) is 6.30. The van der Waals surface area contributed by atoms with Gasteiger partial charge in [0.15, 0.2) is 11.5 Å². The summed E-state index contributed by atoms with van der Waals surface area (Å²) in [6.07, 6.45) is 2.33. The molecule has 2 aliphatic rings. The van der Waals surface area contributed by atoms with Crippen molar-refractivity contribution < 1.29 is 28.2 Å². The van der Waals surface area contributed by atoms with Crippen LogP contribution in [0.2, 0.25) is 0 Å². The molecule has 1 N–H and O–H groups in total. The zero-order valence-corrected chi connectivity index (χ0v) is 13.3. The van der Waals surface area contributed by atoms with Crippen LogP contribution in [0.1, 0.15) is 27.1 Å². The molecule has 10 nitrogen and oxygen atoms in total. The topological polar surface area (TPSA) is 118 Å². The number of carbonyl (C=O) groups is 2. The van der Waals surface area contributed by atoms with Gasteiger partial charge in [0.2, 0.25) is 0 Å². The summed E-state index contributed by atoms with van der Waals surface area (Å²) >= 11 is 0. The number of carbonyl (C=O) groups excluding carboxylic acids is 2. The third kappa shape index (κ3) is 2.79. The first-order valence-electron chi connectivity index (χ1n) is 7.75. The highest BCUT2D eigenvalue weighted by atomic mass is 16.6. The third-order valence-electron chi connectivity index (χ3n) is 4.33. The molecule has 132 valence electrons. The van der Waals surface area contributed by atoms with Gasteiger partial charge in [-0.15, -0.1) is 5.10 Å². The molecule has 2 aromatic heterocycles. The van der Waals surface area contributed by atoms with Gasteiger partial charge in [0, 0.05) is 0 Å². The van der Waals surface area contributed by atoms with E-state index in [-0.39, 0.29) is 41.7 Å². The van der Waals surface area contributed by atoms with E-state index in [0.717, 1.165) is 0 Å². The Morgan fingerprint density at radius 3 is 2.92 bits per heavy atom. The van der Waals surface area contributed by atoms with Crippen molar-refractivity contribution >= 4 is 11.9 Å². The Balaban J connectivity index is 1.44. The first kappa shape index (κ1) is 15.8. The van der Waals surface area contributed by atoms with Crippen LogP contribution in [-0.4, -0.2) is 65.4 Å². The number of esters is 1. The van der Waals surface area contributed by atoms with Crippen molar-refractivity contribution in [2.45, 2.75) is 24.3 Å². The van der Waals surface area contributed by atoms with E-state index in [4.69, 9.17) is 13.9 Å². The van der Waals surface area contributed by atoms with Gasteiger partial charge in [0.05, 0.1) is 38.8 Å². The Kier molecular flexibility index (Phi) is 3.98. The highest BCUT2D eigenvalue weighted by Crippen LogP contribution is 2.34. The van der Waals surface area contributed by atoms with E-state index in [1.54, 1.807) is 12.1 Å². The molecule has 0 aromatic carbocycles. The zero-order chi connectivity index (χ0) is 17.4. The molecule has 1 amide bonds. The van der Waals surface area contributed by atoms with E-state index in [1.165, 1.54) is 24.3 Å². The van der Waals surface area contributed by atoms with E-state index >= 15 is 0 Å². The second-order valence-corrected chi connectivity index (χ2v) is 5.80.